The molecule has 202 valence electrons. The zero-order valence-electron chi connectivity index (χ0n) is 22.9. The number of fused-ring (bicyclic) bond motifs is 1. The largest absolute Gasteiger partial charge is 0.490 e. The molecule has 0 bridgehead atoms. The molecule has 0 amide bonds. The predicted octanol–water partition coefficient (Wildman–Crippen LogP) is 7.87. The highest BCUT2D eigenvalue weighted by Crippen LogP contribution is 2.48. The number of thiocarbonyl (C=S) groups is 1. The molecule has 2 atom stereocenters. The molecule has 1 aliphatic carbocycles. The van der Waals surface area contributed by atoms with Crippen LogP contribution in [-0.4, -0.2) is 28.8 Å². The third-order valence-electron chi connectivity index (χ3n) is 8.47. The molecule has 6 rings (SSSR count). The smallest absolute Gasteiger partial charge is 0.174 e. The summed E-state index contributed by atoms with van der Waals surface area (Å²) in [5.74, 6) is 0.903. The molecule has 39 heavy (non-hydrogen) atoms. The van der Waals surface area contributed by atoms with Crippen LogP contribution in [0.15, 0.2) is 66.9 Å². The van der Waals surface area contributed by atoms with E-state index in [1.165, 1.54) is 24.0 Å². The summed E-state index contributed by atoms with van der Waals surface area (Å²) in [6, 6.07) is 18.3. The monoisotopic (exact) mass is 558 g/mol. The van der Waals surface area contributed by atoms with E-state index < -0.39 is 0 Å². The molecule has 0 unspecified atom stereocenters. The van der Waals surface area contributed by atoms with Crippen molar-refractivity contribution in [2.75, 3.05) is 16.8 Å². The minimum absolute atomic E-state index is 0.0940. The number of halogens is 1. The first-order valence-electron chi connectivity index (χ1n) is 13.8. The van der Waals surface area contributed by atoms with Crippen LogP contribution in [0.4, 0.5) is 11.4 Å². The van der Waals surface area contributed by atoms with Gasteiger partial charge in [-0.2, -0.15) is 0 Å². The summed E-state index contributed by atoms with van der Waals surface area (Å²) in [5, 5.41) is 4.93. The summed E-state index contributed by atoms with van der Waals surface area (Å²) in [6.07, 6.45) is 9.22. The highest BCUT2D eigenvalue weighted by Gasteiger charge is 2.42. The van der Waals surface area contributed by atoms with Crippen molar-refractivity contribution >= 4 is 45.9 Å². The fourth-order valence-electron chi connectivity index (χ4n) is 6.25. The van der Waals surface area contributed by atoms with Gasteiger partial charge in [-0.25, -0.2) is 0 Å². The molecule has 1 saturated carbocycles. The van der Waals surface area contributed by atoms with Crippen LogP contribution in [0, 0.1) is 0 Å². The van der Waals surface area contributed by atoms with Gasteiger partial charge in [0, 0.05) is 35.2 Å². The molecule has 5 nitrogen and oxygen atoms in total. The Bertz CT molecular complexity index is 1420. The molecule has 3 heterocycles. The van der Waals surface area contributed by atoms with E-state index in [9.17, 15) is 0 Å². The molecule has 2 fully saturated rings. The van der Waals surface area contributed by atoms with Crippen LogP contribution in [0.1, 0.15) is 75.4 Å². The van der Waals surface area contributed by atoms with Gasteiger partial charge in [0.2, 0.25) is 0 Å². The van der Waals surface area contributed by atoms with Crippen LogP contribution in [-0.2, 0) is 0 Å². The zero-order chi connectivity index (χ0) is 27.3. The van der Waals surface area contributed by atoms with E-state index in [2.05, 4.69) is 85.4 Å². The van der Waals surface area contributed by atoms with Gasteiger partial charge in [-0.15, -0.1) is 0 Å². The number of rotatable bonds is 5. The topological polar surface area (TPSA) is 40.6 Å². The van der Waals surface area contributed by atoms with E-state index in [1.54, 1.807) is 0 Å². The Hall–Kier alpha value is -3.09. The number of aromatic nitrogens is 1. The third kappa shape index (κ3) is 4.78. The maximum absolute atomic E-state index is 7.14. The van der Waals surface area contributed by atoms with Crippen LogP contribution in [0.5, 0.6) is 5.75 Å². The quantitative estimate of drug-likeness (QED) is 0.321. The number of pyridine rings is 1. The number of benzene rings is 2. The van der Waals surface area contributed by atoms with E-state index in [0.29, 0.717) is 11.2 Å². The van der Waals surface area contributed by atoms with Gasteiger partial charge in [-0.05, 0) is 118 Å². The zero-order valence-corrected chi connectivity index (χ0v) is 24.5. The van der Waals surface area contributed by atoms with Crippen LogP contribution in [0.25, 0.3) is 5.57 Å². The highest BCUT2D eigenvalue weighted by atomic mass is 35.5. The lowest BCUT2D eigenvalue weighted by atomic mass is 9.86. The lowest BCUT2D eigenvalue weighted by molar-refractivity contribution is 0.210. The summed E-state index contributed by atoms with van der Waals surface area (Å²) >= 11 is 13.1. The highest BCUT2D eigenvalue weighted by molar-refractivity contribution is 7.80. The molecular weight excluding hydrogens is 524 g/mol. The summed E-state index contributed by atoms with van der Waals surface area (Å²) in [5.41, 5.74) is 6.41. The molecule has 7 heteroatoms. The molecular formula is C32H35ClN4OS. The SMILES string of the molecule is CC1=CC(C)(C)N(C)c2cc(Cl)c([C@@H]3[C@H](c4ccccn4)NC(=S)N3c3ccc(OC4CCCC4)cc3)cc21. The number of likely N-dealkylation sites (N-methyl/N-ethyl adjacent to an activating group) is 1. The Kier molecular flexibility index (Phi) is 6.80. The van der Waals surface area contributed by atoms with Gasteiger partial charge in [-0.3, -0.25) is 4.98 Å². The summed E-state index contributed by atoms with van der Waals surface area (Å²) in [6.45, 7) is 6.62. The van der Waals surface area contributed by atoms with Crippen molar-refractivity contribution in [3.8, 4) is 5.75 Å². The minimum Gasteiger partial charge on any atom is -0.490 e. The van der Waals surface area contributed by atoms with E-state index in [4.69, 9.17) is 33.5 Å². The molecule has 0 spiro atoms. The van der Waals surface area contributed by atoms with Gasteiger partial charge < -0.3 is 19.9 Å². The molecule has 2 aromatic carbocycles. The van der Waals surface area contributed by atoms with Crippen LogP contribution in [0.3, 0.4) is 0 Å². The van der Waals surface area contributed by atoms with E-state index in [1.807, 2.05) is 24.4 Å². The Morgan fingerprint density at radius 1 is 1.08 bits per heavy atom. The second kappa shape index (κ2) is 10.1. The van der Waals surface area contributed by atoms with Gasteiger partial charge in [0.15, 0.2) is 5.11 Å². The van der Waals surface area contributed by atoms with Crippen molar-refractivity contribution in [2.24, 2.45) is 0 Å². The van der Waals surface area contributed by atoms with E-state index in [-0.39, 0.29) is 17.6 Å². The summed E-state index contributed by atoms with van der Waals surface area (Å²) in [7, 11) is 2.13. The van der Waals surface area contributed by atoms with Crippen molar-refractivity contribution < 1.29 is 4.74 Å². The number of anilines is 2. The first-order valence-corrected chi connectivity index (χ1v) is 14.6. The molecule has 1 saturated heterocycles. The average molecular weight is 559 g/mol. The Labute approximate surface area is 241 Å². The second-order valence-corrected chi connectivity index (χ2v) is 12.2. The molecule has 3 aliphatic rings. The molecule has 0 radical (unpaired) electrons. The van der Waals surface area contributed by atoms with E-state index >= 15 is 0 Å². The van der Waals surface area contributed by atoms with Crippen molar-refractivity contribution in [1.82, 2.24) is 10.3 Å². The maximum Gasteiger partial charge on any atom is 0.174 e. The van der Waals surface area contributed by atoms with Crippen LogP contribution in [0.2, 0.25) is 5.02 Å². The molecule has 1 N–H and O–H groups in total. The fraction of sp³-hybridized carbons (Fsp3) is 0.375. The summed E-state index contributed by atoms with van der Waals surface area (Å²) in [4.78, 5) is 9.17. The van der Waals surface area contributed by atoms with Gasteiger partial charge >= 0.3 is 0 Å². The lowest BCUT2D eigenvalue weighted by Gasteiger charge is -2.41. The average Bonchev–Trinajstić information content (AvgIpc) is 3.55. The van der Waals surface area contributed by atoms with Crippen LogP contribution < -0.4 is 19.9 Å². The number of hydrogen-bond donors (Lipinski definition) is 1. The molecule has 1 aromatic heterocycles. The van der Waals surface area contributed by atoms with Crippen molar-refractivity contribution in [3.63, 3.8) is 0 Å². The Morgan fingerprint density at radius 2 is 1.82 bits per heavy atom. The second-order valence-electron chi connectivity index (χ2n) is 11.4. The number of hydrogen-bond acceptors (Lipinski definition) is 4. The number of ether oxygens (including phenoxy) is 1. The number of nitrogens with one attached hydrogen (secondary N) is 1. The van der Waals surface area contributed by atoms with Gasteiger partial charge in [0.05, 0.1) is 29.4 Å². The maximum atomic E-state index is 7.14. The van der Waals surface area contributed by atoms with Gasteiger partial charge in [0.25, 0.3) is 0 Å². The fourth-order valence-corrected chi connectivity index (χ4v) is 6.86. The third-order valence-corrected chi connectivity index (χ3v) is 9.11. The Balaban J connectivity index is 1.43. The normalized spacial score (nSPS) is 22.5. The van der Waals surface area contributed by atoms with E-state index in [0.717, 1.165) is 46.2 Å². The number of allylic oxidation sites excluding steroid dienone is 1. The van der Waals surface area contributed by atoms with Gasteiger partial charge in [-0.1, -0.05) is 23.7 Å². The number of nitrogens with zero attached hydrogens (tertiary/aromatic N) is 3. The van der Waals surface area contributed by atoms with Crippen molar-refractivity contribution in [2.45, 2.75) is 70.2 Å². The lowest BCUT2D eigenvalue weighted by Crippen LogP contribution is -2.42. The van der Waals surface area contributed by atoms with Gasteiger partial charge in [0.1, 0.15) is 5.75 Å². The van der Waals surface area contributed by atoms with Crippen molar-refractivity contribution in [1.29, 1.82) is 0 Å². The first kappa shape index (κ1) is 26.1. The predicted molar refractivity (Wildman–Crippen MR) is 165 cm³/mol. The summed E-state index contributed by atoms with van der Waals surface area (Å²) < 4.78 is 6.23. The van der Waals surface area contributed by atoms with Crippen molar-refractivity contribution in [3.05, 3.63) is 88.7 Å². The molecule has 3 aromatic rings. The first-order chi connectivity index (χ1) is 18.7. The Morgan fingerprint density at radius 3 is 2.51 bits per heavy atom. The minimum atomic E-state index is -0.181. The molecule has 2 aliphatic heterocycles. The van der Waals surface area contributed by atoms with Crippen LogP contribution >= 0.6 is 23.8 Å². The standard InChI is InChI=1S/C32H35ClN4OS/c1-20-19-32(2,3)36(4)28-18-26(33)25(17-24(20)28)30-29(27-11-7-8-16-34-27)35-31(39)37(30)21-12-14-23(15-13-21)38-22-9-5-6-10-22/h7-8,11-19,22,29-30H,5-6,9-10H2,1-4H3,(H,35,39)/t29-,30+/m0/s1.